The molecule has 0 radical (unpaired) electrons. The lowest BCUT2D eigenvalue weighted by atomic mass is 9.33. The van der Waals surface area contributed by atoms with Crippen molar-refractivity contribution in [1.82, 2.24) is 0 Å². The van der Waals surface area contributed by atoms with E-state index in [1.54, 1.807) is 0 Å². The van der Waals surface area contributed by atoms with Gasteiger partial charge >= 0.3 is 5.97 Å². The third kappa shape index (κ3) is 7.90. The Hall–Kier alpha value is -1.39. The van der Waals surface area contributed by atoms with Gasteiger partial charge in [-0.3, -0.25) is 4.79 Å². The number of aliphatic hydroxyl groups excluding tert-OH is 9. The van der Waals surface area contributed by atoms with E-state index in [0.717, 1.165) is 51.4 Å². The van der Waals surface area contributed by atoms with Crippen LogP contribution in [0.2, 0.25) is 0 Å². The number of hydrogen-bond acceptors (Lipinski definition) is 16. The van der Waals surface area contributed by atoms with E-state index in [-0.39, 0.29) is 33.5 Å². The van der Waals surface area contributed by atoms with Gasteiger partial charge < -0.3 is 79.5 Å². The van der Waals surface area contributed by atoms with Crippen LogP contribution >= 0.6 is 0 Å². The summed E-state index contributed by atoms with van der Waals surface area (Å²) in [5, 5.41) is 107. The fraction of sp³-hybridized carbons (Fsp3) is 0.938. The Kier molecular flexibility index (Phi) is 13.4. The number of rotatable bonds is 9. The SMILES string of the molecule is C[C@H]1O[C@@H](O[C@@H]2[C@H](OC[C@@H]3O[C@H](O[C@H]4CC[C@]5(C)[C@H](CC[C@]6(C)[C@H]5CC=C5[C@@H]7CC(C)(C)CC[C@@]7(C(=O)O)CC[C@@]56C)C4(C)C)[C@@H](O)[C@@H](O)[C@H]3O)O[C@H](CO)[C@H](O)[C@@H]2O)[C@@H](O)[C@H](O)[C@@H]1O. The molecule has 0 aromatic rings. The molecular weight excluding hydrogens is 849 g/mol. The molecule has 372 valence electrons. The van der Waals surface area contributed by atoms with Crippen LogP contribution in [0.25, 0.3) is 0 Å². The summed E-state index contributed by atoms with van der Waals surface area (Å²) < 4.78 is 35.9. The molecule has 17 nitrogen and oxygen atoms in total. The fourth-order valence-electron chi connectivity index (χ4n) is 15.0. The Bertz CT molecular complexity index is 1780. The number of allylic oxidation sites excluding steroid dienone is 2. The summed E-state index contributed by atoms with van der Waals surface area (Å²) in [6.07, 6.45) is -12.7. The van der Waals surface area contributed by atoms with Crippen LogP contribution in [0.5, 0.6) is 0 Å². The van der Waals surface area contributed by atoms with Crippen molar-refractivity contribution in [2.75, 3.05) is 13.2 Å². The molecule has 0 aromatic carbocycles. The van der Waals surface area contributed by atoms with E-state index in [4.69, 9.17) is 28.4 Å². The van der Waals surface area contributed by atoms with Crippen molar-refractivity contribution in [2.45, 2.75) is 218 Å². The van der Waals surface area contributed by atoms with Crippen molar-refractivity contribution in [3.8, 4) is 0 Å². The number of carboxylic acids is 1. The average Bonchev–Trinajstić information content (AvgIpc) is 3.24. The molecule has 0 bridgehead atoms. The predicted molar refractivity (Wildman–Crippen MR) is 229 cm³/mol. The Morgan fingerprint density at radius 1 is 0.677 bits per heavy atom. The molecule has 23 atom stereocenters. The molecule has 4 saturated carbocycles. The first-order chi connectivity index (χ1) is 30.3. The minimum absolute atomic E-state index is 0.0261. The van der Waals surface area contributed by atoms with E-state index in [1.807, 2.05) is 0 Å². The molecule has 3 heterocycles. The second-order valence-corrected chi connectivity index (χ2v) is 23.5. The van der Waals surface area contributed by atoms with Crippen molar-refractivity contribution in [3.05, 3.63) is 11.6 Å². The highest BCUT2D eigenvalue weighted by atomic mass is 16.8. The van der Waals surface area contributed by atoms with Gasteiger partial charge in [-0.05, 0) is 116 Å². The molecule has 8 rings (SSSR count). The monoisotopic (exact) mass is 927 g/mol. The zero-order valence-electron chi connectivity index (χ0n) is 39.4. The van der Waals surface area contributed by atoms with Gasteiger partial charge in [-0.25, -0.2) is 0 Å². The molecule has 0 aromatic heterocycles. The van der Waals surface area contributed by atoms with Crippen LogP contribution in [0, 0.1) is 50.2 Å². The molecule has 65 heavy (non-hydrogen) atoms. The summed E-state index contributed by atoms with van der Waals surface area (Å²) in [7, 11) is 0. The van der Waals surface area contributed by atoms with Gasteiger partial charge in [-0.1, -0.05) is 60.1 Å². The number of hydrogen-bond donors (Lipinski definition) is 10. The molecule has 17 heteroatoms. The molecule has 0 amide bonds. The first-order valence-electron chi connectivity index (χ1n) is 24.2. The number of fused-ring (bicyclic) bond motifs is 7. The first-order valence-corrected chi connectivity index (χ1v) is 24.2. The third-order valence-corrected chi connectivity index (χ3v) is 19.3. The summed E-state index contributed by atoms with van der Waals surface area (Å²) in [6, 6.07) is 0. The highest BCUT2D eigenvalue weighted by Gasteiger charge is 2.70. The van der Waals surface area contributed by atoms with Crippen LogP contribution in [0.4, 0.5) is 0 Å². The van der Waals surface area contributed by atoms with Crippen molar-refractivity contribution in [2.24, 2.45) is 50.2 Å². The molecule has 7 fully saturated rings. The zero-order valence-corrected chi connectivity index (χ0v) is 39.4. The van der Waals surface area contributed by atoms with Gasteiger partial charge in [0, 0.05) is 0 Å². The number of carbonyl (C=O) groups is 1. The summed E-state index contributed by atoms with van der Waals surface area (Å²) in [5.41, 5.74) is 0.0813. The standard InChI is InChI=1S/C48H78O17/c1-22-30(50)33(53)36(56)39(61-22)65-38-35(55)31(51)25(20-49)62-41(38)60-21-26-32(52)34(54)37(57)40(63-26)64-29-12-13-45(6)27(44(29,4)5)11-14-47(8)28(45)10-9-23-24-19-43(2,3)15-17-48(24,42(58)59)18-16-46(23,47)7/h9,22,24-41,49-57H,10-21H2,1-8H3,(H,58,59)/t22-,24+,25-,26+,27-,28+,29+,30-,31+,32+,33-,34+,35+,36+,37+,38+,39+,40-,41-,45-,46+,47-,48-/m1/s1. The highest BCUT2D eigenvalue weighted by Crippen LogP contribution is 2.76. The number of aliphatic carboxylic acids is 1. The zero-order chi connectivity index (χ0) is 47.6. The second kappa shape index (κ2) is 17.5. The van der Waals surface area contributed by atoms with Crippen LogP contribution in [0.1, 0.15) is 120 Å². The average molecular weight is 927 g/mol. The Morgan fingerprint density at radius 2 is 1.29 bits per heavy atom. The Morgan fingerprint density at radius 3 is 1.95 bits per heavy atom. The second-order valence-electron chi connectivity index (χ2n) is 23.5. The van der Waals surface area contributed by atoms with E-state index in [0.29, 0.717) is 18.8 Å². The van der Waals surface area contributed by atoms with Crippen LogP contribution in [0.3, 0.4) is 0 Å². The van der Waals surface area contributed by atoms with Crippen LogP contribution in [-0.2, 0) is 33.2 Å². The van der Waals surface area contributed by atoms with Crippen LogP contribution in [0.15, 0.2) is 11.6 Å². The van der Waals surface area contributed by atoms with E-state index >= 15 is 0 Å². The lowest BCUT2D eigenvalue weighted by molar-refractivity contribution is -0.373. The van der Waals surface area contributed by atoms with Gasteiger partial charge in [-0.2, -0.15) is 0 Å². The van der Waals surface area contributed by atoms with Gasteiger partial charge in [-0.15, -0.1) is 0 Å². The molecular formula is C48H78O17. The largest absolute Gasteiger partial charge is 0.481 e. The summed E-state index contributed by atoms with van der Waals surface area (Å²) in [6.45, 7) is 16.5. The minimum Gasteiger partial charge on any atom is -0.481 e. The van der Waals surface area contributed by atoms with E-state index in [9.17, 15) is 55.9 Å². The van der Waals surface area contributed by atoms with E-state index in [2.05, 4.69) is 54.5 Å². The quantitative estimate of drug-likeness (QED) is 0.117. The molecule has 3 saturated heterocycles. The van der Waals surface area contributed by atoms with Gasteiger partial charge in [0.25, 0.3) is 0 Å². The van der Waals surface area contributed by atoms with Crippen LogP contribution in [-0.4, -0.2) is 168 Å². The van der Waals surface area contributed by atoms with Crippen molar-refractivity contribution in [3.63, 3.8) is 0 Å². The van der Waals surface area contributed by atoms with Crippen molar-refractivity contribution < 1.29 is 84.3 Å². The normalized spacial score (nSPS) is 54.0. The van der Waals surface area contributed by atoms with Crippen molar-refractivity contribution >= 4 is 5.97 Å². The molecule has 10 N–H and O–H groups in total. The molecule has 5 aliphatic carbocycles. The van der Waals surface area contributed by atoms with Gasteiger partial charge in [0.05, 0.1) is 30.8 Å². The van der Waals surface area contributed by atoms with Gasteiger partial charge in [0.2, 0.25) is 0 Å². The lowest BCUT2D eigenvalue weighted by Crippen LogP contribution is -2.66. The number of carboxylic acid groups (broad SMARTS) is 1. The third-order valence-electron chi connectivity index (χ3n) is 19.3. The van der Waals surface area contributed by atoms with Gasteiger partial charge in [0.15, 0.2) is 18.9 Å². The smallest absolute Gasteiger partial charge is 0.310 e. The molecule has 0 unspecified atom stereocenters. The van der Waals surface area contributed by atoms with Crippen molar-refractivity contribution in [1.29, 1.82) is 0 Å². The van der Waals surface area contributed by atoms with Crippen LogP contribution < -0.4 is 0 Å². The Labute approximate surface area is 382 Å². The molecule has 0 spiro atoms. The Balaban J connectivity index is 0.972. The number of aliphatic hydroxyl groups is 9. The lowest BCUT2D eigenvalue weighted by Gasteiger charge is -2.71. The molecule has 8 aliphatic rings. The first kappa shape index (κ1) is 50.0. The van der Waals surface area contributed by atoms with E-state index in [1.165, 1.54) is 12.5 Å². The topological polar surface area (TPSA) is 275 Å². The van der Waals surface area contributed by atoms with Gasteiger partial charge in [0.1, 0.15) is 67.1 Å². The number of ether oxygens (including phenoxy) is 6. The maximum atomic E-state index is 13.1. The highest BCUT2D eigenvalue weighted by molar-refractivity contribution is 5.76. The summed E-state index contributed by atoms with van der Waals surface area (Å²) in [5.74, 6) is -0.0497. The summed E-state index contributed by atoms with van der Waals surface area (Å²) in [4.78, 5) is 13.1. The fourth-order valence-corrected chi connectivity index (χ4v) is 15.0. The minimum atomic E-state index is -1.77. The summed E-state index contributed by atoms with van der Waals surface area (Å²) >= 11 is 0. The maximum Gasteiger partial charge on any atom is 0.310 e. The maximum absolute atomic E-state index is 13.1. The van der Waals surface area contributed by atoms with E-state index < -0.39 is 128 Å². The predicted octanol–water partition coefficient (Wildman–Crippen LogP) is 1.73. The molecule has 3 aliphatic heterocycles.